The number of rotatable bonds is 5. The molecule has 1 saturated heterocycles. The van der Waals surface area contributed by atoms with Gasteiger partial charge in [0.1, 0.15) is 5.75 Å². The second kappa shape index (κ2) is 8.43. The van der Waals surface area contributed by atoms with Gasteiger partial charge in [-0.05, 0) is 49.9 Å². The van der Waals surface area contributed by atoms with E-state index < -0.39 is 0 Å². The average molecular weight is 359 g/mol. The molecule has 6 heteroatoms. The summed E-state index contributed by atoms with van der Waals surface area (Å²) in [6.07, 6.45) is 4.95. The summed E-state index contributed by atoms with van der Waals surface area (Å²) >= 11 is 0. The molecular formula is C20H29N3O3. The number of nitrogens with one attached hydrogen (secondary N) is 2. The van der Waals surface area contributed by atoms with Crippen molar-refractivity contribution in [2.24, 2.45) is 5.92 Å². The summed E-state index contributed by atoms with van der Waals surface area (Å²) in [5, 5.41) is 6.06. The van der Waals surface area contributed by atoms with E-state index in [2.05, 4.69) is 17.6 Å². The Kier molecular flexibility index (Phi) is 6.01. The summed E-state index contributed by atoms with van der Waals surface area (Å²) in [6.45, 7) is 5.24. The van der Waals surface area contributed by atoms with Gasteiger partial charge in [-0.2, -0.15) is 0 Å². The third kappa shape index (κ3) is 4.48. The Morgan fingerprint density at radius 3 is 2.62 bits per heavy atom. The molecule has 0 bridgehead atoms. The van der Waals surface area contributed by atoms with Gasteiger partial charge in [0, 0.05) is 24.7 Å². The Hall–Kier alpha value is -2.24. The lowest BCUT2D eigenvalue weighted by Gasteiger charge is -2.30. The predicted molar refractivity (Wildman–Crippen MR) is 101 cm³/mol. The van der Waals surface area contributed by atoms with Crippen molar-refractivity contribution >= 4 is 17.6 Å². The zero-order valence-corrected chi connectivity index (χ0v) is 15.7. The number of ether oxygens (including phenoxy) is 1. The maximum absolute atomic E-state index is 12.3. The highest BCUT2D eigenvalue weighted by atomic mass is 16.5. The van der Waals surface area contributed by atoms with E-state index >= 15 is 0 Å². The van der Waals surface area contributed by atoms with Crippen LogP contribution in [0.4, 0.5) is 10.5 Å². The van der Waals surface area contributed by atoms with E-state index in [0.717, 1.165) is 17.9 Å². The summed E-state index contributed by atoms with van der Waals surface area (Å²) in [5.41, 5.74) is 0.837. The Bertz CT molecular complexity index is 632. The number of urea groups is 1. The predicted octanol–water partition coefficient (Wildman–Crippen LogP) is 3.07. The number of nitrogens with zero attached hydrogens (tertiary/aromatic N) is 1. The van der Waals surface area contributed by atoms with E-state index in [4.69, 9.17) is 4.74 Å². The van der Waals surface area contributed by atoms with Gasteiger partial charge in [0.25, 0.3) is 0 Å². The van der Waals surface area contributed by atoms with Crippen molar-refractivity contribution in [2.75, 3.05) is 18.1 Å². The Morgan fingerprint density at radius 2 is 1.92 bits per heavy atom. The van der Waals surface area contributed by atoms with E-state index in [0.29, 0.717) is 25.5 Å². The summed E-state index contributed by atoms with van der Waals surface area (Å²) in [5.74, 6) is 1.34. The first kappa shape index (κ1) is 18.5. The van der Waals surface area contributed by atoms with Crippen molar-refractivity contribution in [1.29, 1.82) is 0 Å². The minimum atomic E-state index is -0.159. The van der Waals surface area contributed by atoms with Crippen LogP contribution >= 0.6 is 0 Å². The van der Waals surface area contributed by atoms with Crippen LogP contribution in [0.25, 0.3) is 0 Å². The summed E-state index contributed by atoms with van der Waals surface area (Å²) < 4.78 is 5.44. The minimum absolute atomic E-state index is 0.0329. The van der Waals surface area contributed by atoms with Gasteiger partial charge in [0.2, 0.25) is 5.91 Å². The Morgan fingerprint density at radius 1 is 1.19 bits per heavy atom. The van der Waals surface area contributed by atoms with E-state index in [1.807, 2.05) is 31.2 Å². The molecule has 2 aliphatic rings. The van der Waals surface area contributed by atoms with Gasteiger partial charge in [-0.3, -0.25) is 4.79 Å². The largest absolute Gasteiger partial charge is 0.494 e. The molecule has 3 rings (SSSR count). The van der Waals surface area contributed by atoms with Gasteiger partial charge in [0.15, 0.2) is 0 Å². The van der Waals surface area contributed by atoms with Crippen molar-refractivity contribution in [3.05, 3.63) is 24.3 Å². The van der Waals surface area contributed by atoms with E-state index in [-0.39, 0.29) is 24.0 Å². The minimum Gasteiger partial charge on any atom is -0.494 e. The Balaban J connectivity index is 1.53. The van der Waals surface area contributed by atoms with Gasteiger partial charge in [-0.15, -0.1) is 0 Å². The first-order valence-electron chi connectivity index (χ1n) is 9.67. The van der Waals surface area contributed by atoms with Gasteiger partial charge < -0.3 is 20.3 Å². The maximum atomic E-state index is 12.3. The fourth-order valence-electron chi connectivity index (χ4n) is 3.87. The van der Waals surface area contributed by atoms with Crippen LogP contribution in [0.15, 0.2) is 24.3 Å². The number of anilines is 1. The summed E-state index contributed by atoms with van der Waals surface area (Å²) in [7, 11) is 0. The quantitative estimate of drug-likeness (QED) is 0.849. The molecule has 0 unspecified atom stereocenters. The number of amides is 3. The van der Waals surface area contributed by atoms with Crippen LogP contribution in [0, 0.1) is 5.92 Å². The molecule has 2 N–H and O–H groups in total. The molecule has 26 heavy (non-hydrogen) atoms. The number of carbonyl (C=O) groups excluding carboxylic acids is 2. The molecule has 1 saturated carbocycles. The van der Waals surface area contributed by atoms with Crippen LogP contribution in [0.1, 0.15) is 46.0 Å². The van der Waals surface area contributed by atoms with Gasteiger partial charge in [-0.25, -0.2) is 4.79 Å². The topological polar surface area (TPSA) is 70.7 Å². The number of hydrogen-bond donors (Lipinski definition) is 2. The molecule has 6 nitrogen and oxygen atoms in total. The summed E-state index contributed by atoms with van der Waals surface area (Å²) in [4.78, 5) is 26.4. The van der Waals surface area contributed by atoms with Crippen molar-refractivity contribution < 1.29 is 14.3 Å². The molecule has 2 fully saturated rings. The summed E-state index contributed by atoms with van der Waals surface area (Å²) in [6, 6.07) is 7.42. The second-order valence-electron chi connectivity index (χ2n) is 7.32. The lowest BCUT2D eigenvalue weighted by molar-refractivity contribution is -0.117. The molecular weight excluding hydrogens is 330 g/mol. The molecule has 142 valence electrons. The zero-order valence-electron chi connectivity index (χ0n) is 15.7. The molecule has 1 aliphatic carbocycles. The normalized spacial score (nSPS) is 25.8. The van der Waals surface area contributed by atoms with Gasteiger partial charge in [0.05, 0.1) is 12.6 Å². The highest BCUT2D eigenvalue weighted by molar-refractivity contribution is 5.96. The van der Waals surface area contributed by atoms with Gasteiger partial charge >= 0.3 is 6.03 Å². The highest BCUT2D eigenvalue weighted by Crippen LogP contribution is 2.25. The molecule has 1 aliphatic heterocycles. The van der Waals surface area contributed by atoms with Crippen LogP contribution in [0.5, 0.6) is 5.75 Å². The molecule has 3 amide bonds. The van der Waals surface area contributed by atoms with Crippen LogP contribution in [0.3, 0.4) is 0 Å². The molecule has 1 aromatic carbocycles. The zero-order chi connectivity index (χ0) is 18.5. The van der Waals surface area contributed by atoms with Crippen LogP contribution in [0.2, 0.25) is 0 Å². The van der Waals surface area contributed by atoms with Crippen molar-refractivity contribution in [1.82, 2.24) is 10.6 Å². The molecule has 1 heterocycles. The third-order valence-corrected chi connectivity index (χ3v) is 5.35. The van der Waals surface area contributed by atoms with Crippen molar-refractivity contribution in [3.8, 4) is 5.75 Å². The lowest BCUT2D eigenvalue weighted by Crippen LogP contribution is -2.49. The molecule has 0 radical (unpaired) electrons. The van der Waals surface area contributed by atoms with Gasteiger partial charge in [-0.1, -0.05) is 19.8 Å². The first-order chi connectivity index (χ1) is 12.6. The van der Waals surface area contributed by atoms with Crippen LogP contribution < -0.4 is 20.3 Å². The monoisotopic (exact) mass is 359 g/mol. The smallest absolute Gasteiger partial charge is 0.315 e. The molecule has 3 atom stereocenters. The van der Waals surface area contributed by atoms with Crippen LogP contribution in [-0.4, -0.2) is 37.2 Å². The van der Waals surface area contributed by atoms with Crippen LogP contribution in [-0.2, 0) is 4.79 Å². The molecule has 0 aromatic heterocycles. The maximum Gasteiger partial charge on any atom is 0.315 e. The third-order valence-electron chi connectivity index (χ3n) is 5.35. The standard InChI is InChI=1S/C20H29N3O3/c1-3-26-17-10-8-16(9-11-17)23-13-15(12-19(23)24)21-20(25)22-18-7-5-4-6-14(18)2/h8-11,14-15,18H,3-7,12-13H2,1-2H3,(H2,21,22,25)/t14-,15-,18-/m0/s1. The SMILES string of the molecule is CCOc1ccc(N2C[C@@H](NC(=O)N[C@H]3CCCC[C@@H]3C)CC2=O)cc1. The number of carbonyl (C=O) groups is 2. The van der Waals surface area contributed by atoms with E-state index in [1.54, 1.807) is 4.90 Å². The van der Waals surface area contributed by atoms with Crippen molar-refractivity contribution in [2.45, 2.75) is 58.0 Å². The first-order valence-corrected chi connectivity index (χ1v) is 9.67. The average Bonchev–Trinajstić information content (AvgIpc) is 2.98. The fourth-order valence-corrected chi connectivity index (χ4v) is 3.87. The second-order valence-corrected chi connectivity index (χ2v) is 7.32. The number of benzene rings is 1. The number of hydrogen-bond acceptors (Lipinski definition) is 3. The molecule has 0 spiro atoms. The Labute approximate surface area is 155 Å². The molecule has 1 aromatic rings. The van der Waals surface area contributed by atoms with E-state index in [9.17, 15) is 9.59 Å². The van der Waals surface area contributed by atoms with E-state index in [1.165, 1.54) is 19.3 Å². The lowest BCUT2D eigenvalue weighted by atomic mass is 9.86. The fraction of sp³-hybridized carbons (Fsp3) is 0.600. The van der Waals surface area contributed by atoms with Crippen molar-refractivity contribution in [3.63, 3.8) is 0 Å². The highest BCUT2D eigenvalue weighted by Gasteiger charge is 2.32.